The average molecular weight is 544 g/mol. The monoisotopic (exact) mass is 543 g/mol. The first-order valence-corrected chi connectivity index (χ1v) is 13.7. The van der Waals surface area contributed by atoms with Crippen LogP contribution in [0.1, 0.15) is 38.8 Å². The number of carbonyl (C=O) groups excluding carboxylic acids is 1. The van der Waals surface area contributed by atoms with Gasteiger partial charge in [0.1, 0.15) is 11.5 Å². The number of hydrogen-bond acceptors (Lipinski definition) is 7. The maximum atomic E-state index is 12.5. The predicted molar refractivity (Wildman–Crippen MR) is 156 cm³/mol. The molecule has 4 aromatic rings. The Balaban J connectivity index is 1.50. The summed E-state index contributed by atoms with van der Waals surface area (Å²) in [4.78, 5) is 12.5. The number of thioether (sulfide) groups is 1. The van der Waals surface area contributed by atoms with Crippen LogP contribution in [0.5, 0.6) is 11.5 Å². The fourth-order valence-electron chi connectivity index (χ4n) is 3.79. The van der Waals surface area contributed by atoms with Gasteiger partial charge in [0.15, 0.2) is 11.0 Å². The molecule has 202 valence electrons. The van der Waals surface area contributed by atoms with E-state index < -0.39 is 0 Å². The molecule has 0 saturated heterocycles. The van der Waals surface area contributed by atoms with Gasteiger partial charge in [0, 0.05) is 11.3 Å². The van der Waals surface area contributed by atoms with E-state index in [1.807, 2.05) is 60.0 Å². The first-order chi connectivity index (χ1) is 18.8. The lowest BCUT2D eigenvalue weighted by Gasteiger charge is -2.19. The van der Waals surface area contributed by atoms with Crippen molar-refractivity contribution in [1.29, 1.82) is 0 Å². The summed E-state index contributed by atoms with van der Waals surface area (Å²) in [5, 5.41) is 13.6. The third-order valence-corrected chi connectivity index (χ3v) is 6.83. The van der Waals surface area contributed by atoms with Crippen LogP contribution >= 0.6 is 11.8 Å². The molecule has 0 radical (unpaired) electrons. The summed E-state index contributed by atoms with van der Waals surface area (Å²) < 4.78 is 12.7. The van der Waals surface area contributed by atoms with Gasteiger partial charge in [-0.2, -0.15) is 5.10 Å². The topological polar surface area (TPSA) is 90.6 Å². The van der Waals surface area contributed by atoms with E-state index in [-0.39, 0.29) is 17.1 Å². The van der Waals surface area contributed by atoms with E-state index in [2.05, 4.69) is 65.8 Å². The standard InChI is InChI=1S/C30H33N5O3S/c1-6-38-26-15-7-21(8-16-26)19-31-32-27(36)20-39-29-34-33-28(22-9-11-23(12-10-22)30(2,3)4)35(29)24-13-17-25(37-5)18-14-24/h7-19H,6,20H2,1-5H3,(H,32,36). The van der Waals surface area contributed by atoms with Crippen LogP contribution in [0, 0.1) is 0 Å². The molecule has 1 heterocycles. The maximum absolute atomic E-state index is 12.5. The molecule has 1 aromatic heterocycles. The van der Waals surface area contributed by atoms with Crippen molar-refractivity contribution < 1.29 is 14.3 Å². The molecular formula is C30H33N5O3S. The number of amides is 1. The Morgan fingerprint density at radius 3 is 2.26 bits per heavy atom. The molecule has 0 atom stereocenters. The molecule has 0 aliphatic carbocycles. The van der Waals surface area contributed by atoms with Crippen LogP contribution in [0.2, 0.25) is 0 Å². The molecule has 39 heavy (non-hydrogen) atoms. The quantitative estimate of drug-likeness (QED) is 0.153. The number of hydrogen-bond donors (Lipinski definition) is 1. The molecule has 0 bridgehead atoms. The van der Waals surface area contributed by atoms with Crippen molar-refractivity contribution in [3.05, 3.63) is 83.9 Å². The number of ether oxygens (including phenoxy) is 2. The summed E-state index contributed by atoms with van der Waals surface area (Å²) in [6, 6.07) is 23.5. The minimum Gasteiger partial charge on any atom is -0.497 e. The molecule has 0 fully saturated rings. The minimum absolute atomic E-state index is 0.0476. The Hall–Kier alpha value is -4.11. The van der Waals surface area contributed by atoms with Gasteiger partial charge >= 0.3 is 0 Å². The second kappa shape index (κ2) is 12.6. The molecule has 8 nitrogen and oxygen atoms in total. The molecule has 0 unspecified atom stereocenters. The van der Waals surface area contributed by atoms with Crippen molar-refractivity contribution in [2.75, 3.05) is 19.5 Å². The Labute approximate surface area is 233 Å². The lowest BCUT2D eigenvalue weighted by Crippen LogP contribution is -2.20. The normalized spacial score (nSPS) is 11.5. The van der Waals surface area contributed by atoms with Crippen LogP contribution < -0.4 is 14.9 Å². The number of rotatable bonds is 10. The van der Waals surface area contributed by atoms with Gasteiger partial charge in [0.05, 0.1) is 25.7 Å². The molecule has 1 amide bonds. The summed E-state index contributed by atoms with van der Waals surface area (Å²) in [7, 11) is 1.63. The van der Waals surface area contributed by atoms with Gasteiger partial charge in [-0.05, 0) is 72.0 Å². The van der Waals surface area contributed by atoms with Crippen molar-refractivity contribution >= 4 is 23.9 Å². The molecule has 3 aromatic carbocycles. The number of benzene rings is 3. The zero-order chi connectivity index (χ0) is 27.8. The molecule has 0 saturated carbocycles. The number of methoxy groups -OCH3 is 1. The van der Waals surface area contributed by atoms with E-state index in [1.54, 1.807) is 13.3 Å². The third kappa shape index (κ3) is 7.26. The zero-order valence-electron chi connectivity index (χ0n) is 22.8. The largest absolute Gasteiger partial charge is 0.497 e. The molecule has 0 spiro atoms. The van der Waals surface area contributed by atoms with Gasteiger partial charge < -0.3 is 9.47 Å². The number of carbonyl (C=O) groups is 1. The predicted octanol–water partition coefficient (Wildman–Crippen LogP) is 5.88. The summed E-state index contributed by atoms with van der Waals surface area (Å²) in [5.74, 6) is 2.11. The highest BCUT2D eigenvalue weighted by Gasteiger charge is 2.19. The number of nitrogens with zero attached hydrogens (tertiary/aromatic N) is 4. The van der Waals surface area contributed by atoms with Crippen LogP contribution in [-0.4, -0.2) is 46.4 Å². The van der Waals surface area contributed by atoms with E-state index in [1.165, 1.54) is 17.3 Å². The lowest BCUT2D eigenvalue weighted by molar-refractivity contribution is -0.118. The fraction of sp³-hybridized carbons (Fsp3) is 0.267. The first-order valence-electron chi connectivity index (χ1n) is 12.7. The van der Waals surface area contributed by atoms with Gasteiger partial charge in [0.25, 0.3) is 5.91 Å². The van der Waals surface area contributed by atoms with Crippen LogP contribution in [0.15, 0.2) is 83.1 Å². The van der Waals surface area contributed by atoms with E-state index >= 15 is 0 Å². The third-order valence-electron chi connectivity index (χ3n) is 5.90. The summed E-state index contributed by atoms with van der Waals surface area (Å²) in [5.41, 5.74) is 6.52. The van der Waals surface area contributed by atoms with Crippen LogP contribution in [0.25, 0.3) is 17.1 Å². The van der Waals surface area contributed by atoms with Crippen LogP contribution in [0.3, 0.4) is 0 Å². The van der Waals surface area contributed by atoms with Gasteiger partial charge in [-0.25, -0.2) is 5.43 Å². The second-order valence-corrected chi connectivity index (χ2v) is 10.7. The highest BCUT2D eigenvalue weighted by Crippen LogP contribution is 2.30. The van der Waals surface area contributed by atoms with E-state index in [4.69, 9.17) is 9.47 Å². The highest BCUT2D eigenvalue weighted by molar-refractivity contribution is 7.99. The second-order valence-electron chi connectivity index (χ2n) is 9.75. The minimum atomic E-state index is -0.248. The first kappa shape index (κ1) is 27.9. The van der Waals surface area contributed by atoms with Crippen molar-refractivity contribution in [3.63, 3.8) is 0 Å². The molecular weight excluding hydrogens is 510 g/mol. The number of aromatic nitrogens is 3. The number of hydrazone groups is 1. The summed E-state index contributed by atoms with van der Waals surface area (Å²) in [6.07, 6.45) is 1.59. The Kier molecular flexibility index (Phi) is 9.03. The van der Waals surface area contributed by atoms with Crippen LogP contribution in [-0.2, 0) is 10.2 Å². The maximum Gasteiger partial charge on any atom is 0.250 e. The smallest absolute Gasteiger partial charge is 0.250 e. The average Bonchev–Trinajstić information content (AvgIpc) is 3.36. The lowest BCUT2D eigenvalue weighted by atomic mass is 9.87. The van der Waals surface area contributed by atoms with Gasteiger partial charge in [0.2, 0.25) is 0 Å². The van der Waals surface area contributed by atoms with Crippen molar-refractivity contribution in [1.82, 2.24) is 20.2 Å². The van der Waals surface area contributed by atoms with Gasteiger partial charge in [-0.15, -0.1) is 10.2 Å². The van der Waals surface area contributed by atoms with Gasteiger partial charge in [-0.3, -0.25) is 9.36 Å². The van der Waals surface area contributed by atoms with E-state index in [9.17, 15) is 4.79 Å². The van der Waals surface area contributed by atoms with E-state index in [0.29, 0.717) is 17.6 Å². The fourth-order valence-corrected chi connectivity index (χ4v) is 4.54. The van der Waals surface area contributed by atoms with Crippen LogP contribution in [0.4, 0.5) is 0 Å². The zero-order valence-corrected chi connectivity index (χ0v) is 23.7. The molecule has 1 N–H and O–H groups in total. The van der Waals surface area contributed by atoms with Crippen molar-refractivity contribution in [2.45, 2.75) is 38.3 Å². The molecule has 0 aliphatic heterocycles. The highest BCUT2D eigenvalue weighted by atomic mass is 32.2. The number of nitrogens with one attached hydrogen (secondary N) is 1. The Morgan fingerprint density at radius 2 is 1.64 bits per heavy atom. The van der Waals surface area contributed by atoms with Gasteiger partial charge in [-0.1, -0.05) is 56.8 Å². The van der Waals surface area contributed by atoms with Crippen molar-refractivity contribution in [2.24, 2.45) is 5.10 Å². The molecule has 4 rings (SSSR count). The van der Waals surface area contributed by atoms with Crippen molar-refractivity contribution in [3.8, 4) is 28.6 Å². The summed E-state index contributed by atoms with van der Waals surface area (Å²) in [6.45, 7) is 9.10. The molecule has 9 heteroatoms. The molecule has 0 aliphatic rings. The van der Waals surface area contributed by atoms with E-state index in [0.717, 1.165) is 28.3 Å². The Bertz CT molecular complexity index is 1410. The summed E-state index contributed by atoms with van der Waals surface area (Å²) >= 11 is 1.29. The Morgan fingerprint density at radius 1 is 0.974 bits per heavy atom. The SMILES string of the molecule is CCOc1ccc(C=NNC(=O)CSc2nnc(-c3ccc(C(C)(C)C)cc3)n2-c2ccc(OC)cc2)cc1.